The Morgan fingerprint density at radius 3 is 2.34 bits per heavy atom. The molecule has 35 heavy (non-hydrogen) atoms. The first-order valence-corrected chi connectivity index (χ1v) is 13.4. The van der Waals surface area contributed by atoms with E-state index in [2.05, 4.69) is 14.7 Å². The highest BCUT2D eigenvalue weighted by Crippen LogP contribution is 2.40. The number of aromatic nitrogens is 3. The van der Waals surface area contributed by atoms with Crippen molar-refractivity contribution in [2.45, 2.75) is 77.0 Å². The molecule has 0 aliphatic heterocycles. The summed E-state index contributed by atoms with van der Waals surface area (Å²) in [7, 11) is -3.68. The maximum Gasteiger partial charge on any atom is 0.338 e. The van der Waals surface area contributed by atoms with E-state index < -0.39 is 26.6 Å². The number of nitrogens with zero attached hydrogens (tertiary/aromatic N) is 3. The maximum absolute atomic E-state index is 14.8. The molecule has 10 heteroatoms. The first-order chi connectivity index (χ1) is 16.4. The maximum atomic E-state index is 14.8. The number of fused-ring (bicyclic) bond motifs is 1. The van der Waals surface area contributed by atoms with Crippen LogP contribution in [0.25, 0.3) is 22.4 Å². The number of aryl methyl sites for hydroxylation is 1. The Morgan fingerprint density at radius 1 is 1.17 bits per heavy atom. The molecule has 1 aromatic carbocycles. The third-order valence-corrected chi connectivity index (χ3v) is 8.74. The molecule has 0 radical (unpaired) electrons. The lowest BCUT2D eigenvalue weighted by Gasteiger charge is -2.26. The van der Waals surface area contributed by atoms with E-state index in [0.717, 1.165) is 32.1 Å². The van der Waals surface area contributed by atoms with Gasteiger partial charge < -0.3 is 9.67 Å². The van der Waals surface area contributed by atoms with Gasteiger partial charge in [-0.2, -0.15) is 0 Å². The van der Waals surface area contributed by atoms with Crippen LogP contribution in [0.5, 0.6) is 0 Å². The normalized spacial score (nSPS) is 15.5. The molecule has 0 atom stereocenters. The van der Waals surface area contributed by atoms with Crippen molar-refractivity contribution >= 4 is 32.6 Å². The number of nitrogens with one attached hydrogen (secondary N) is 1. The van der Waals surface area contributed by atoms with Crippen LogP contribution >= 0.6 is 0 Å². The SMILES string of the molecule is CCc1cc2c(cc1F)c(C(=O)O)c(-c1ncc(NS(=O)(=O)C(C)(C)C)cn1)n2C1CCCCC1. The third-order valence-electron chi connectivity index (χ3n) is 6.63. The zero-order valence-electron chi connectivity index (χ0n) is 20.4. The van der Waals surface area contributed by atoms with Gasteiger partial charge >= 0.3 is 5.97 Å². The molecule has 1 saturated carbocycles. The van der Waals surface area contributed by atoms with Crippen molar-refractivity contribution in [3.8, 4) is 11.5 Å². The van der Waals surface area contributed by atoms with Crippen LogP contribution < -0.4 is 4.72 Å². The van der Waals surface area contributed by atoms with Crippen molar-refractivity contribution < 1.29 is 22.7 Å². The topological polar surface area (TPSA) is 114 Å². The number of hydrogen-bond acceptors (Lipinski definition) is 5. The summed E-state index contributed by atoms with van der Waals surface area (Å²) in [4.78, 5) is 21.2. The fourth-order valence-electron chi connectivity index (χ4n) is 4.61. The summed E-state index contributed by atoms with van der Waals surface area (Å²) in [6.45, 7) is 6.60. The second-order valence-corrected chi connectivity index (χ2v) is 12.5. The Bertz CT molecular complexity index is 1370. The summed E-state index contributed by atoms with van der Waals surface area (Å²) in [6.07, 6.45) is 8.04. The molecule has 8 nitrogen and oxygen atoms in total. The molecule has 0 spiro atoms. The van der Waals surface area contributed by atoms with Crippen molar-refractivity contribution in [1.29, 1.82) is 0 Å². The second kappa shape index (κ2) is 9.22. The van der Waals surface area contributed by atoms with E-state index in [-0.39, 0.29) is 23.1 Å². The lowest BCUT2D eigenvalue weighted by molar-refractivity contribution is 0.0699. The Balaban J connectivity index is 1.92. The Labute approximate surface area is 204 Å². The standard InChI is InChI=1S/C25H31FN4O4S/c1-5-15-11-20-18(12-19(15)26)21(24(31)32)22(30(20)17-9-7-6-8-10-17)23-27-13-16(14-28-23)29-35(33,34)25(2,3)4/h11-14,17,29H,5-10H2,1-4H3,(H,31,32). The third kappa shape index (κ3) is 4.63. The fourth-order valence-corrected chi connectivity index (χ4v) is 5.33. The highest BCUT2D eigenvalue weighted by atomic mass is 32.2. The highest BCUT2D eigenvalue weighted by Gasteiger charge is 2.31. The van der Waals surface area contributed by atoms with E-state index in [1.807, 2.05) is 11.5 Å². The Kier molecular flexibility index (Phi) is 6.61. The zero-order valence-corrected chi connectivity index (χ0v) is 21.2. The molecule has 0 saturated heterocycles. The lowest BCUT2D eigenvalue weighted by Crippen LogP contribution is -2.33. The largest absolute Gasteiger partial charge is 0.478 e. The molecule has 2 heterocycles. The van der Waals surface area contributed by atoms with Gasteiger partial charge in [0.05, 0.1) is 33.9 Å². The van der Waals surface area contributed by atoms with Gasteiger partial charge in [0.2, 0.25) is 10.0 Å². The minimum absolute atomic E-state index is 0.0344. The number of carbonyl (C=O) groups is 1. The van der Waals surface area contributed by atoms with Crippen LogP contribution in [0, 0.1) is 5.82 Å². The molecule has 3 aromatic rings. The number of aromatic carboxylic acids is 1. The van der Waals surface area contributed by atoms with Crippen LogP contribution in [0.1, 0.15) is 81.8 Å². The quantitative estimate of drug-likeness (QED) is 0.457. The van der Waals surface area contributed by atoms with Crippen LogP contribution in [0.15, 0.2) is 24.5 Å². The van der Waals surface area contributed by atoms with Gasteiger partial charge in [0.25, 0.3) is 0 Å². The van der Waals surface area contributed by atoms with Gasteiger partial charge in [-0.3, -0.25) is 4.72 Å². The summed E-state index contributed by atoms with van der Waals surface area (Å²) < 4.78 is 43.2. The number of anilines is 1. The summed E-state index contributed by atoms with van der Waals surface area (Å²) >= 11 is 0. The van der Waals surface area contributed by atoms with E-state index in [4.69, 9.17) is 0 Å². The Morgan fingerprint density at radius 2 is 1.80 bits per heavy atom. The van der Waals surface area contributed by atoms with Crippen LogP contribution in [0.3, 0.4) is 0 Å². The Hall–Kier alpha value is -3.01. The van der Waals surface area contributed by atoms with Crippen molar-refractivity contribution in [2.75, 3.05) is 4.72 Å². The predicted molar refractivity (Wildman–Crippen MR) is 134 cm³/mol. The number of sulfonamides is 1. The molecule has 1 aliphatic rings. The van der Waals surface area contributed by atoms with E-state index in [9.17, 15) is 22.7 Å². The summed E-state index contributed by atoms with van der Waals surface area (Å²) in [6, 6.07) is 3.07. The molecule has 188 valence electrons. The second-order valence-electron chi connectivity index (χ2n) is 10.0. The summed E-state index contributed by atoms with van der Waals surface area (Å²) in [5.41, 5.74) is 1.62. The fraction of sp³-hybridized carbons (Fsp3) is 0.480. The first kappa shape index (κ1) is 25.1. The zero-order chi connectivity index (χ0) is 25.5. The summed E-state index contributed by atoms with van der Waals surface area (Å²) in [5, 5.41) is 10.5. The van der Waals surface area contributed by atoms with E-state index in [1.165, 1.54) is 18.5 Å². The van der Waals surface area contributed by atoms with Gasteiger partial charge in [-0.25, -0.2) is 27.6 Å². The van der Waals surface area contributed by atoms with Crippen molar-refractivity contribution in [1.82, 2.24) is 14.5 Å². The van der Waals surface area contributed by atoms with Crippen molar-refractivity contribution in [3.63, 3.8) is 0 Å². The van der Waals surface area contributed by atoms with Gasteiger partial charge in [-0.1, -0.05) is 26.2 Å². The van der Waals surface area contributed by atoms with Gasteiger partial charge in [0.1, 0.15) is 11.5 Å². The van der Waals surface area contributed by atoms with Crippen LogP contribution in [-0.2, 0) is 16.4 Å². The van der Waals surface area contributed by atoms with Crippen LogP contribution in [-0.4, -0.2) is 38.8 Å². The molecular weight excluding hydrogens is 471 g/mol. The molecule has 0 unspecified atom stereocenters. The molecule has 2 aromatic heterocycles. The smallest absolute Gasteiger partial charge is 0.338 e. The average Bonchev–Trinajstić information content (AvgIpc) is 3.12. The average molecular weight is 503 g/mol. The molecule has 1 fully saturated rings. The molecule has 0 bridgehead atoms. The van der Waals surface area contributed by atoms with Gasteiger partial charge in [-0.05, 0) is 57.7 Å². The van der Waals surface area contributed by atoms with Gasteiger partial charge in [-0.15, -0.1) is 0 Å². The monoisotopic (exact) mass is 502 g/mol. The number of halogens is 1. The van der Waals surface area contributed by atoms with Gasteiger partial charge in [0.15, 0.2) is 5.82 Å². The van der Waals surface area contributed by atoms with Gasteiger partial charge in [0, 0.05) is 11.4 Å². The molecule has 2 N–H and O–H groups in total. The molecule has 4 rings (SSSR count). The number of carboxylic acid groups (broad SMARTS) is 1. The first-order valence-electron chi connectivity index (χ1n) is 11.9. The van der Waals surface area contributed by atoms with E-state index in [1.54, 1.807) is 26.8 Å². The van der Waals surface area contributed by atoms with Crippen molar-refractivity contribution in [3.05, 3.63) is 41.5 Å². The number of hydrogen-bond donors (Lipinski definition) is 2. The minimum atomic E-state index is -3.68. The number of benzene rings is 1. The molecular formula is C25H31FN4O4S. The highest BCUT2D eigenvalue weighted by molar-refractivity contribution is 7.94. The van der Waals surface area contributed by atoms with Crippen molar-refractivity contribution in [2.24, 2.45) is 0 Å². The summed E-state index contributed by atoms with van der Waals surface area (Å²) in [5.74, 6) is -1.48. The van der Waals surface area contributed by atoms with Crippen LogP contribution in [0.2, 0.25) is 0 Å². The molecule has 1 aliphatic carbocycles. The van der Waals surface area contributed by atoms with Crippen LogP contribution in [0.4, 0.5) is 10.1 Å². The number of carboxylic acids is 1. The van der Waals surface area contributed by atoms with E-state index in [0.29, 0.717) is 28.6 Å². The van der Waals surface area contributed by atoms with E-state index >= 15 is 0 Å². The predicted octanol–water partition coefficient (Wildman–Crippen LogP) is 5.54. The molecule has 0 amide bonds. The number of rotatable bonds is 6. The lowest BCUT2D eigenvalue weighted by atomic mass is 9.95. The minimum Gasteiger partial charge on any atom is -0.478 e.